The zero-order chi connectivity index (χ0) is 23.6. The molecule has 32 heavy (non-hydrogen) atoms. The molecule has 166 valence electrons. The fourth-order valence-corrected chi connectivity index (χ4v) is 4.22. The summed E-state index contributed by atoms with van der Waals surface area (Å²) < 4.78 is 45.1. The van der Waals surface area contributed by atoms with Crippen molar-refractivity contribution in [2.75, 3.05) is 0 Å². The second kappa shape index (κ2) is 9.60. The number of nitrogens with zero attached hydrogens (tertiary/aromatic N) is 2. The molecule has 0 atom stereocenters. The molecular weight excluding hydrogens is 580 g/mol. The Labute approximate surface area is 202 Å². The highest BCUT2D eigenvalue weighted by Crippen LogP contribution is 2.42. The van der Waals surface area contributed by atoms with Crippen LogP contribution in [0.25, 0.3) is 0 Å². The Hall–Kier alpha value is -2.43. The van der Waals surface area contributed by atoms with Gasteiger partial charge in [-0.05, 0) is 86.3 Å². The van der Waals surface area contributed by atoms with Gasteiger partial charge in [0.25, 0.3) is 0 Å². The summed E-state index contributed by atoms with van der Waals surface area (Å²) in [5.74, 6) is -0.177. The molecule has 0 aromatic heterocycles. The molecule has 0 radical (unpaired) electrons. The molecule has 0 amide bonds. The maximum absolute atomic E-state index is 12.9. The van der Waals surface area contributed by atoms with E-state index in [0.717, 1.165) is 17.7 Å². The normalized spacial score (nSPS) is 11.7. The molecule has 0 aliphatic heterocycles. The molecule has 0 aliphatic rings. The highest BCUT2D eigenvalue weighted by atomic mass is 79.9. The summed E-state index contributed by atoms with van der Waals surface area (Å²) in [7, 11) is 0. The minimum absolute atomic E-state index is 0.156. The number of rotatable bonds is 5. The van der Waals surface area contributed by atoms with E-state index in [0.29, 0.717) is 31.3 Å². The second-order valence-electron chi connectivity index (χ2n) is 6.50. The minimum Gasteiger partial charge on any atom is -0.448 e. The number of nitro benzene ring substituents is 1. The van der Waals surface area contributed by atoms with Gasteiger partial charge in [0.05, 0.1) is 25.1 Å². The van der Waals surface area contributed by atoms with E-state index < -0.39 is 22.4 Å². The van der Waals surface area contributed by atoms with Crippen LogP contribution in [0.1, 0.15) is 16.7 Å². The summed E-state index contributed by atoms with van der Waals surface area (Å²) in [5.41, 5.74) is 0.221. The molecule has 0 fully saturated rings. The minimum atomic E-state index is -4.72. The van der Waals surface area contributed by atoms with Gasteiger partial charge in [-0.2, -0.15) is 13.2 Å². The molecular formula is C21H12Br2ClF3N2O3. The van der Waals surface area contributed by atoms with Crippen molar-refractivity contribution >= 4 is 61.1 Å². The first-order chi connectivity index (χ1) is 15.0. The lowest BCUT2D eigenvalue weighted by Gasteiger charge is -2.13. The Balaban J connectivity index is 1.93. The zero-order valence-electron chi connectivity index (χ0n) is 16.1. The van der Waals surface area contributed by atoms with Gasteiger partial charge in [-0.3, -0.25) is 15.1 Å². The molecule has 3 rings (SSSR count). The number of halogens is 6. The predicted octanol–water partition coefficient (Wildman–Crippen LogP) is 8.64. The number of aliphatic imine (C=N–C) groups is 1. The lowest BCUT2D eigenvalue weighted by Crippen LogP contribution is -2.06. The number of nitro groups is 1. The van der Waals surface area contributed by atoms with Gasteiger partial charge in [0.2, 0.25) is 5.75 Å². The number of hydrogen-bond acceptors (Lipinski definition) is 4. The summed E-state index contributed by atoms with van der Waals surface area (Å²) >= 11 is 12.8. The number of ether oxygens (including phenoxy) is 1. The lowest BCUT2D eigenvalue weighted by molar-refractivity contribution is -0.385. The van der Waals surface area contributed by atoms with Crippen LogP contribution in [0.15, 0.2) is 62.5 Å². The van der Waals surface area contributed by atoms with Crippen LogP contribution < -0.4 is 4.74 Å². The molecule has 3 aromatic carbocycles. The number of alkyl halides is 3. The van der Waals surface area contributed by atoms with Crippen molar-refractivity contribution in [1.82, 2.24) is 0 Å². The Morgan fingerprint density at radius 2 is 1.78 bits per heavy atom. The third kappa shape index (κ3) is 5.48. The van der Waals surface area contributed by atoms with E-state index in [1.165, 1.54) is 0 Å². The Bertz CT molecular complexity index is 1210. The van der Waals surface area contributed by atoms with Crippen molar-refractivity contribution in [3.63, 3.8) is 0 Å². The topological polar surface area (TPSA) is 64.7 Å². The molecule has 0 N–H and O–H groups in total. The predicted molar refractivity (Wildman–Crippen MR) is 123 cm³/mol. The average Bonchev–Trinajstić information content (AvgIpc) is 2.71. The molecule has 0 unspecified atom stereocenters. The van der Waals surface area contributed by atoms with E-state index in [9.17, 15) is 23.3 Å². The van der Waals surface area contributed by atoms with Gasteiger partial charge in [-0.25, -0.2) is 0 Å². The summed E-state index contributed by atoms with van der Waals surface area (Å²) in [6.45, 7) is 1.84. The fourth-order valence-electron chi connectivity index (χ4n) is 2.66. The quantitative estimate of drug-likeness (QED) is 0.169. The van der Waals surface area contributed by atoms with Gasteiger partial charge in [0, 0.05) is 17.3 Å². The smallest absolute Gasteiger partial charge is 0.416 e. The Morgan fingerprint density at radius 1 is 1.12 bits per heavy atom. The van der Waals surface area contributed by atoms with Gasteiger partial charge in [-0.1, -0.05) is 17.7 Å². The van der Waals surface area contributed by atoms with E-state index in [-0.39, 0.29) is 11.5 Å². The van der Waals surface area contributed by atoms with Gasteiger partial charge < -0.3 is 4.74 Å². The molecule has 0 heterocycles. The third-order valence-electron chi connectivity index (χ3n) is 4.31. The van der Waals surface area contributed by atoms with Crippen LogP contribution in [0.4, 0.5) is 24.5 Å². The first kappa shape index (κ1) is 24.2. The molecule has 0 aliphatic carbocycles. The first-order valence-corrected chi connectivity index (χ1v) is 10.8. The van der Waals surface area contributed by atoms with Crippen LogP contribution in [0.2, 0.25) is 5.02 Å². The molecule has 5 nitrogen and oxygen atoms in total. The van der Waals surface area contributed by atoms with Crippen LogP contribution in [0.5, 0.6) is 11.5 Å². The monoisotopic (exact) mass is 590 g/mol. The van der Waals surface area contributed by atoms with E-state index in [1.54, 1.807) is 30.5 Å². The number of benzene rings is 3. The first-order valence-electron chi connectivity index (χ1n) is 8.79. The highest BCUT2D eigenvalue weighted by Gasteiger charge is 2.33. The van der Waals surface area contributed by atoms with Crippen molar-refractivity contribution in [3.8, 4) is 11.5 Å². The summed E-state index contributed by atoms with van der Waals surface area (Å²) in [6.07, 6.45) is -3.12. The van der Waals surface area contributed by atoms with Gasteiger partial charge in [0.15, 0.2) is 5.75 Å². The maximum atomic E-state index is 12.9. The van der Waals surface area contributed by atoms with Crippen LogP contribution in [0, 0.1) is 17.0 Å². The Morgan fingerprint density at radius 3 is 2.38 bits per heavy atom. The highest BCUT2D eigenvalue weighted by molar-refractivity contribution is 9.11. The molecule has 3 aromatic rings. The molecule has 0 bridgehead atoms. The van der Waals surface area contributed by atoms with Crippen LogP contribution >= 0.6 is 43.5 Å². The summed E-state index contributed by atoms with van der Waals surface area (Å²) in [5, 5.41) is 11.9. The van der Waals surface area contributed by atoms with Crippen LogP contribution in [-0.4, -0.2) is 11.1 Å². The summed E-state index contributed by atoms with van der Waals surface area (Å²) in [6, 6.07) is 10.7. The largest absolute Gasteiger partial charge is 0.448 e. The van der Waals surface area contributed by atoms with Gasteiger partial charge in [-0.15, -0.1) is 0 Å². The second-order valence-corrected chi connectivity index (χ2v) is 8.61. The van der Waals surface area contributed by atoms with Gasteiger partial charge in [0.1, 0.15) is 0 Å². The van der Waals surface area contributed by atoms with E-state index in [1.807, 2.05) is 13.0 Å². The zero-order valence-corrected chi connectivity index (χ0v) is 20.0. The van der Waals surface area contributed by atoms with Crippen molar-refractivity contribution in [2.45, 2.75) is 13.1 Å². The van der Waals surface area contributed by atoms with Crippen LogP contribution in [-0.2, 0) is 6.18 Å². The average molecular weight is 593 g/mol. The van der Waals surface area contributed by atoms with E-state index in [2.05, 4.69) is 36.9 Å². The molecule has 0 spiro atoms. The summed E-state index contributed by atoms with van der Waals surface area (Å²) in [4.78, 5) is 14.8. The SMILES string of the molecule is Cc1c(Cl)cccc1N=Cc1cc(Br)c(Oc2ccc(C(F)(F)F)cc2[N+](=O)[O-])c(Br)c1. The van der Waals surface area contributed by atoms with Crippen molar-refractivity contribution in [1.29, 1.82) is 0 Å². The lowest BCUT2D eigenvalue weighted by atomic mass is 10.1. The van der Waals surface area contributed by atoms with E-state index >= 15 is 0 Å². The van der Waals surface area contributed by atoms with Crippen molar-refractivity contribution in [3.05, 3.63) is 89.3 Å². The van der Waals surface area contributed by atoms with Gasteiger partial charge >= 0.3 is 11.9 Å². The standard InChI is InChI=1S/C21H12Br2ClF3N2O3/c1-11-16(24)3-2-4-17(11)28-10-12-7-14(22)20(15(23)8-12)32-19-6-5-13(21(25,26)27)9-18(19)29(30)31/h2-10H,1H3. The molecule has 0 saturated carbocycles. The number of hydrogen-bond donors (Lipinski definition) is 0. The molecule has 0 saturated heterocycles. The van der Waals surface area contributed by atoms with Crippen molar-refractivity contribution < 1.29 is 22.8 Å². The Kier molecular flexibility index (Phi) is 7.26. The van der Waals surface area contributed by atoms with E-state index in [4.69, 9.17) is 16.3 Å². The molecule has 11 heteroatoms. The fraction of sp³-hybridized carbons (Fsp3) is 0.0952. The van der Waals surface area contributed by atoms with Crippen LogP contribution in [0.3, 0.4) is 0 Å². The third-order valence-corrected chi connectivity index (χ3v) is 5.89. The maximum Gasteiger partial charge on any atom is 0.416 e. The van der Waals surface area contributed by atoms with Crippen molar-refractivity contribution in [2.24, 2.45) is 4.99 Å².